The fraction of sp³-hybridized carbons (Fsp3) is 0. The second-order valence-corrected chi connectivity index (χ2v) is 4.15. The molecule has 2 N–H and O–H groups in total. The summed E-state index contributed by atoms with van der Waals surface area (Å²) in [5.41, 5.74) is 5.07. The summed E-state index contributed by atoms with van der Waals surface area (Å²) in [6, 6.07) is 7.00. The van der Waals surface area contributed by atoms with Crippen LogP contribution in [0.1, 0.15) is 10.5 Å². The van der Waals surface area contributed by atoms with Gasteiger partial charge in [0.25, 0.3) is 5.91 Å². The maximum Gasteiger partial charge on any atom is 0.269 e. The Morgan fingerprint density at radius 1 is 1.28 bits per heavy atom. The standard InChI is InChI=1S/C11H7BrFN3O2/c12-7-5-6(1-2-8(7)13)18-10-4-3-9(11(14)17)15-16-10/h1-5H,(H2,14,17). The van der Waals surface area contributed by atoms with Crippen molar-refractivity contribution in [1.29, 1.82) is 0 Å². The lowest BCUT2D eigenvalue weighted by Gasteiger charge is -2.04. The number of rotatable bonds is 3. The van der Waals surface area contributed by atoms with Gasteiger partial charge < -0.3 is 10.5 Å². The van der Waals surface area contributed by atoms with Crippen molar-refractivity contribution in [3.63, 3.8) is 0 Å². The maximum atomic E-state index is 13.0. The fourth-order valence-corrected chi connectivity index (χ4v) is 1.52. The minimum atomic E-state index is -0.668. The van der Waals surface area contributed by atoms with E-state index in [2.05, 4.69) is 26.1 Å². The van der Waals surface area contributed by atoms with Gasteiger partial charge in [0.15, 0.2) is 5.69 Å². The first-order valence-electron chi connectivity index (χ1n) is 4.82. The van der Waals surface area contributed by atoms with Crippen molar-refractivity contribution >= 4 is 21.8 Å². The summed E-state index contributed by atoms with van der Waals surface area (Å²) >= 11 is 3.04. The van der Waals surface area contributed by atoms with Crippen LogP contribution in [-0.2, 0) is 0 Å². The smallest absolute Gasteiger partial charge is 0.269 e. The predicted molar refractivity (Wildman–Crippen MR) is 64.7 cm³/mol. The Kier molecular flexibility index (Phi) is 3.52. The zero-order chi connectivity index (χ0) is 13.1. The second kappa shape index (κ2) is 5.09. The average Bonchev–Trinajstić information content (AvgIpc) is 2.34. The maximum absolute atomic E-state index is 13.0. The summed E-state index contributed by atoms with van der Waals surface area (Å²) < 4.78 is 18.6. The number of primary amides is 1. The molecule has 92 valence electrons. The third-order valence-electron chi connectivity index (χ3n) is 2.01. The van der Waals surface area contributed by atoms with Crippen molar-refractivity contribution in [3.8, 4) is 11.6 Å². The lowest BCUT2D eigenvalue weighted by molar-refractivity contribution is 0.0994. The zero-order valence-electron chi connectivity index (χ0n) is 8.93. The van der Waals surface area contributed by atoms with Gasteiger partial charge in [0, 0.05) is 6.07 Å². The third kappa shape index (κ3) is 2.80. The Balaban J connectivity index is 2.18. The van der Waals surface area contributed by atoms with E-state index in [0.29, 0.717) is 5.75 Å². The van der Waals surface area contributed by atoms with Gasteiger partial charge in [-0.1, -0.05) is 0 Å². The highest BCUT2D eigenvalue weighted by Gasteiger charge is 2.06. The van der Waals surface area contributed by atoms with E-state index in [4.69, 9.17) is 10.5 Å². The normalized spacial score (nSPS) is 10.1. The van der Waals surface area contributed by atoms with Crippen LogP contribution in [-0.4, -0.2) is 16.1 Å². The first kappa shape index (κ1) is 12.4. The van der Waals surface area contributed by atoms with Crippen molar-refractivity contribution in [2.24, 2.45) is 5.73 Å². The van der Waals surface area contributed by atoms with Crippen LogP contribution in [0.3, 0.4) is 0 Å². The van der Waals surface area contributed by atoms with Crippen LogP contribution in [0, 0.1) is 5.82 Å². The van der Waals surface area contributed by atoms with E-state index in [-0.39, 0.29) is 16.0 Å². The molecular formula is C11H7BrFN3O2. The molecule has 0 bridgehead atoms. The van der Waals surface area contributed by atoms with Crippen LogP contribution < -0.4 is 10.5 Å². The second-order valence-electron chi connectivity index (χ2n) is 3.30. The molecule has 0 saturated heterocycles. The van der Waals surface area contributed by atoms with E-state index in [9.17, 15) is 9.18 Å². The molecule has 2 rings (SSSR count). The van der Waals surface area contributed by atoms with Gasteiger partial charge in [-0.2, -0.15) is 0 Å². The number of halogens is 2. The number of carbonyl (C=O) groups is 1. The van der Waals surface area contributed by atoms with E-state index >= 15 is 0 Å². The molecule has 0 fully saturated rings. The molecule has 1 amide bonds. The molecule has 0 radical (unpaired) electrons. The number of hydrogen-bond donors (Lipinski definition) is 1. The van der Waals surface area contributed by atoms with Crippen molar-refractivity contribution in [3.05, 3.63) is 46.3 Å². The molecule has 1 aromatic carbocycles. The summed E-state index contributed by atoms with van der Waals surface area (Å²) in [7, 11) is 0. The monoisotopic (exact) mass is 311 g/mol. The number of ether oxygens (including phenoxy) is 1. The molecule has 0 aliphatic heterocycles. The quantitative estimate of drug-likeness (QED) is 0.943. The Hall–Kier alpha value is -2.02. The van der Waals surface area contributed by atoms with Gasteiger partial charge in [-0.25, -0.2) is 4.39 Å². The van der Waals surface area contributed by atoms with Gasteiger partial charge in [0.05, 0.1) is 4.47 Å². The highest BCUT2D eigenvalue weighted by Crippen LogP contribution is 2.24. The van der Waals surface area contributed by atoms with Gasteiger partial charge in [-0.3, -0.25) is 4.79 Å². The van der Waals surface area contributed by atoms with Gasteiger partial charge in [0.1, 0.15) is 11.6 Å². The minimum absolute atomic E-state index is 0.0441. The van der Waals surface area contributed by atoms with E-state index in [0.717, 1.165) is 0 Å². The Bertz CT molecular complexity index is 589. The largest absolute Gasteiger partial charge is 0.437 e. The minimum Gasteiger partial charge on any atom is -0.437 e. The molecule has 0 unspecified atom stereocenters. The van der Waals surface area contributed by atoms with Gasteiger partial charge in [-0.15, -0.1) is 10.2 Å². The number of nitrogens with two attached hydrogens (primary N) is 1. The highest BCUT2D eigenvalue weighted by molar-refractivity contribution is 9.10. The SMILES string of the molecule is NC(=O)c1ccc(Oc2ccc(F)c(Br)c2)nn1. The first-order chi connectivity index (χ1) is 8.56. The highest BCUT2D eigenvalue weighted by atomic mass is 79.9. The zero-order valence-corrected chi connectivity index (χ0v) is 10.5. The summed E-state index contributed by atoms with van der Waals surface area (Å²) in [5, 5.41) is 7.24. The number of benzene rings is 1. The number of hydrogen-bond acceptors (Lipinski definition) is 4. The van der Waals surface area contributed by atoms with Crippen LogP contribution in [0.5, 0.6) is 11.6 Å². The fourth-order valence-electron chi connectivity index (χ4n) is 1.17. The predicted octanol–water partition coefficient (Wildman–Crippen LogP) is 2.27. The van der Waals surface area contributed by atoms with E-state index in [1.807, 2.05) is 0 Å². The van der Waals surface area contributed by atoms with E-state index < -0.39 is 11.7 Å². The lowest BCUT2D eigenvalue weighted by atomic mass is 10.3. The molecule has 1 aromatic heterocycles. The molecule has 1 heterocycles. The molecule has 0 saturated carbocycles. The molecule has 2 aromatic rings. The topological polar surface area (TPSA) is 78.1 Å². The summed E-state index contributed by atoms with van der Waals surface area (Å²) in [6.45, 7) is 0. The number of nitrogens with zero attached hydrogens (tertiary/aromatic N) is 2. The van der Waals surface area contributed by atoms with E-state index in [1.54, 1.807) is 0 Å². The van der Waals surface area contributed by atoms with Crippen LogP contribution in [0.4, 0.5) is 4.39 Å². The molecular weight excluding hydrogens is 305 g/mol. The third-order valence-corrected chi connectivity index (χ3v) is 2.61. The molecule has 0 aliphatic carbocycles. The van der Waals surface area contributed by atoms with Crippen LogP contribution in [0.15, 0.2) is 34.8 Å². The number of carbonyl (C=O) groups excluding carboxylic acids is 1. The van der Waals surface area contributed by atoms with E-state index in [1.165, 1.54) is 30.3 Å². The van der Waals surface area contributed by atoms with Crippen molar-refractivity contribution in [2.45, 2.75) is 0 Å². The summed E-state index contributed by atoms with van der Waals surface area (Å²) in [4.78, 5) is 10.8. The molecule has 0 atom stereocenters. The van der Waals surface area contributed by atoms with Crippen molar-refractivity contribution in [2.75, 3.05) is 0 Å². The first-order valence-corrected chi connectivity index (χ1v) is 5.62. The van der Waals surface area contributed by atoms with Crippen molar-refractivity contribution in [1.82, 2.24) is 10.2 Å². The van der Waals surface area contributed by atoms with Gasteiger partial charge in [0.2, 0.25) is 5.88 Å². The lowest BCUT2D eigenvalue weighted by Crippen LogP contribution is -2.13. The Morgan fingerprint density at radius 2 is 2.06 bits per heavy atom. The molecule has 5 nitrogen and oxygen atoms in total. The van der Waals surface area contributed by atoms with Crippen LogP contribution in [0.2, 0.25) is 0 Å². The van der Waals surface area contributed by atoms with Crippen LogP contribution in [0.25, 0.3) is 0 Å². The van der Waals surface area contributed by atoms with Gasteiger partial charge in [-0.05, 0) is 40.2 Å². The summed E-state index contributed by atoms with van der Waals surface area (Å²) in [6.07, 6.45) is 0. The molecule has 0 spiro atoms. The number of amides is 1. The number of aromatic nitrogens is 2. The molecule has 0 aliphatic rings. The van der Waals surface area contributed by atoms with Crippen molar-refractivity contribution < 1.29 is 13.9 Å². The van der Waals surface area contributed by atoms with Crippen LogP contribution >= 0.6 is 15.9 Å². The average molecular weight is 312 g/mol. The Morgan fingerprint density at radius 3 is 2.61 bits per heavy atom. The Labute approximate surface area is 110 Å². The van der Waals surface area contributed by atoms with Gasteiger partial charge >= 0.3 is 0 Å². The molecule has 7 heteroatoms. The summed E-state index contributed by atoms with van der Waals surface area (Å²) in [5.74, 6) is -0.487. The molecule has 18 heavy (non-hydrogen) atoms.